The third-order valence-electron chi connectivity index (χ3n) is 4.80. The van der Waals surface area contributed by atoms with E-state index < -0.39 is 0 Å². The highest BCUT2D eigenvalue weighted by molar-refractivity contribution is 7.22. The molecule has 3 aromatic rings. The summed E-state index contributed by atoms with van der Waals surface area (Å²) in [4.78, 5) is 19.3. The van der Waals surface area contributed by atoms with Crippen LogP contribution in [0.2, 0.25) is 0 Å². The summed E-state index contributed by atoms with van der Waals surface area (Å²) in [6, 6.07) is 9.93. The SMILES string of the molecule is COc1cccc(OC)c1C(=O)N1CC[C@@H](Nc2nc3ccc(F)cc3s2)C1. The Kier molecular flexibility index (Phi) is 5.04. The maximum atomic E-state index is 13.4. The zero-order chi connectivity index (χ0) is 19.7. The Morgan fingerprint density at radius 1 is 1.25 bits per heavy atom. The third kappa shape index (κ3) is 3.47. The summed E-state index contributed by atoms with van der Waals surface area (Å²) in [5.41, 5.74) is 1.20. The van der Waals surface area contributed by atoms with Crippen molar-refractivity contribution in [2.45, 2.75) is 12.5 Å². The van der Waals surface area contributed by atoms with E-state index in [1.54, 1.807) is 29.2 Å². The molecule has 1 aromatic heterocycles. The molecule has 2 aromatic carbocycles. The number of methoxy groups -OCH3 is 2. The maximum absolute atomic E-state index is 13.4. The second-order valence-electron chi connectivity index (χ2n) is 6.55. The average Bonchev–Trinajstić information content (AvgIpc) is 3.33. The van der Waals surface area contributed by atoms with Gasteiger partial charge in [0.1, 0.15) is 22.9 Å². The van der Waals surface area contributed by atoms with Crippen molar-refractivity contribution in [2.24, 2.45) is 0 Å². The van der Waals surface area contributed by atoms with Crippen molar-refractivity contribution in [1.82, 2.24) is 9.88 Å². The number of hydrogen-bond donors (Lipinski definition) is 1. The largest absolute Gasteiger partial charge is 0.496 e. The first-order valence-corrected chi connectivity index (χ1v) is 9.73. The molecule has 28 heavy (non-hydrogen) atoms. The van der Waals surface area contributed by atoms with Crippen molar-refractivity contribution in [3.05, 3.63) is 47.8 Å². The quantitative estimate of drug-likeness (QED) is 0.705. The highest BCUT2D eigenvalue weighted by Gasteiger charge is 2.30. The number of ether oxygens (including phenoxy) is 2. The molecule has 1 aliphatic rings. The minimum Gasteiger partial charge on any atom is -0.496 e. The zero-order valence-electron chi connectivity index (χ0n) is 15.6. The third-order valence-corrected chi connectivity index (χ3v) is 5.74. The normalized spacial score (nSPS) is 16.4. The van der Waals surface area contributed by atoms with Gasteiger partial charge in [0.15, 0.2) is 5.13 Å². The maximum Gasteiger partial charge on any atom is 0.261 e. The molecule has 0 unspecified atom stereocenters. The van der Waals surface area contributed by atoms with Crippen molar-refractivity contribution in [3.63, 3.8) is 0 Å². The minimum absolute atomic E-state index is 0.0788. The molecule has 8 heteroatoms. The van der Waals surface area contributed by atoms with Crippen LogP contribution in [-0.2, 0) is 0 Å². The van der Waals surface area contributed by atoms with E-state index in [2.05, 4.69) is 10.3 Å². The number of carbonyl (C=O) groups excluding carboxylic acids is 1. The van der Waals surface area contributed by atoms with Crippen LogP contribution in [0, 0.1) is 5.82 Å². The topological polar surface area (TPSA) is 63.7 Å². The molecule has 146 valence electrons. The van der Waals surface area contributed by atoms with E-state index in [9.17, 15) is 9.18 Å². The van der Waals surface area contributed by atoms with Crippen molar-refractivity contribution in [2.75, 3.05) is 32.6 Å². The molecule has 0 saturated carbocycles. The highest BCUT2D eigenvalue weighted by Crippen LogP contribution is 2.32. The van der Waals surface area contributed by atoms with Crippen LogP contribution in [0.3, 0.4) is 0 Å². The second-order valence-corrected chi connectivity index (χ2v) is 7.58. The van der Waals surface area contributed by atoms with Crippen LogP contribution in [-0.4, -0.2) is 49.1 Å². The van der Waals surface area contributed by atoms with E-state index in [-0.39, 0.29) is 17.8 Å². The number of fused-ring (bicyclic) bond motifs is 1. The fourth-order valence-corrected chi connectivity index (χ4v) is 4.39. The minimum atomic E-state index is -0.272. The first-order chi connectivity index (χ1) is 13.6. The number of thiazole rings is 1. The number of anilines is 1. The molecule has 1 fully saturated rings. The smallest absolute Gasteiger partial charge is 0.261 e. The summed E-state index contributed by atoms with van der Waals surface area (Å²) in [5, 5.41) is 4.10. The number of amides is 1. The first kappa shape index (κ1) is 18.5. The molecule has 1 amide bonds. The van der Waals surface area contributed by atoms with E-state index >= 15 is 0 Å². The van der Waals surface area contributed by atoms with Gasteiger partial charge in [-0.2, -0.15) is 0 Å². The fourth-order valence-electron chi connectivity index (χ4n) is 3.42. The molecule has 1 N–H and O–H groups in total. The van der Waals surface area contributed by atoms with Gasteiger partial charge < -0.3 is 19.7 Å². The summed E-state index contributed by atoms with van der Waals surface area (Å²) >= 11 is 1.41. The summed E-state index contributed by atoms with van der Waals surface area (Å²) in [6.07, 6.45) is 0.799. The van der Waals surface area contributed by atoms with Gasteiger partial charge in [0.05, 0.1) is 24.4 Å². The number of nitrogens with one attached hydrogen (secondary N) is 1. The molecule has 4 rings (SSSR count). The molecule has 0 radical (unpaired) electrons. The standard InChI is InChI=1S/C20H20FN3O3S/c1-26-15-4-3-5-16(27-2)18(15)19(25)24-9-8-13(11-24)22-20-23-14-7-6-12(21)10-17(14)28-20/h3-7,10,13H,8-9,11H2,1-2H3,(H,22,23)/t13-/m1/s1. The van der Waals surface area contributed by atoms with Crippen LogP contribution in [0.5, 0.6) is 11.5 Å². The lowest BCUT2D eigenvalue weighted by molar-refractivity contribution is 0.0784. The lowest BCUT2D eigenvalue weighted by atomic mass is 10.1. The van der Waals surface area contributed by atoms with Gasteiger partial charge >= 0.3 is 0 Å². The Morgan fingerprint density at radius 3 is 2.71 bits per heavy atom. The van der Waals surface area contributed by atoms with Gasteiger partial charge in [-0.25, -0.2) is 9.37 Å². The molecular weight excluding hydrogens is 381 g/mol. The van der Waals surface area contributed by atoms with Crippen molar-refractivity contribution in [1.29, 1.82) is 0 Å². The predicted molar refractivity (Wildman–Crippen MR) is 107 cm³/mol. The fraction of sp³-hybridized carbons (Fsp3) is 0.300. The van der Waals surface area contributed by atoms with E-state index in [0.717, 1.165) is 21.8 Å². The second kappa shape index (κ2) is 7.63. The average molecular weight is 401 g/mol. The van der Waals surface area contributed by atoms with Gasteiger partial charge in [0.2, 0.25) is 0 Å². The van der Waals surface area contributed by atoms with Gasteiger partial charge in [-0.15, -0.1) is 0 Å². The molecular formula is C20H20FN3O3S. The number of hydrogen-bond acceptors (Lipinski definition) is 6. The Bertz CT molecular complexity index is 1000. The van der Waals surface area contributed by atoms with Crippen molar-refractivity contribution >= 4 is 32.6 Å². The Labute approximate surface area is 165 Å². The molecule has 6 nitrogen and oxygen atoms in total. The molecule has 1 saturated heterocycles. The molecule has 1 aliphatic heterocycles. The van der Waals surface area contributed by atoms with Crippen LogP contribution in [0.15, 0.2) is 36.4 Å². The summed E-state index contributed by atoms with van der Waals surface area (Å²) in [5.74, 6) is 0.596. The predicted octanol–water partition coefficient (Wildman–Crippen LogP) is 3.78. The summed E-state index contributed by atoms with van der Waals surface area (Å²) < 4.78 is 24.9. The number of likely N-dealkylation sites (tertiary alicyclic amines) is 1. The number of aromatic nitrogens is 1. The Hall–Kier alpha value is -2.87. The molecule has 0 aliphatic carbocycles. The van der Waals surface area contributed by atoms with E-state index in [0.29, 0.717) is 30.2 Å². The first-order valence-electron chi connectivity index (χ1n) is 8.92. The van der Waals surface area contributed by atoms with Crippen LogP contribution in [0.25, 0.3) is 10.2 Å². The molecule has 0 bridgehead atoms. The van der Waals surface area contributed by atoms with Gasteiger partial charge in [-0.05, 0) is 36.8 Å². The summed E-state index contributed by atoms with van der Waals surface area (Å²) in [7, 11) is 3.08. The monoisotopic (exact) mass is 401 g/mol. The summed E-state index contributed by atoms with van der Waals surface area (Å²) in [6.45, 7) is 1.17. The Balaban J connectivity index is 1.48. The van der Waals surface area contributed by atoms with Gasteiger partial charge in [-0.3, -0.25) is 4.79 Å². The van der Waals surface area contributed by atoms with E-state index in [1.807, 2.05) is 0 Å². The van der Waals surface area contributed by atoms with Gasteiger partial charge in [0, 0.05) is 19.1 Å². The van der Waals surface area contributed by atoms with Crippen LogP contribution < -0.4 is 14.8 Å². The van der Waals surface area contributed by atoms with E-state index in [4.69, 9.17) is 9.47 Å². The Morgan fingerprint density at radius 2 is 2.00 bits per heavy atom. The molecule has 1 atom stereocenters. The number of rotatable bonds is 5. The van der Waals surface area contributed by atoms with Crippen LogP contribution >= 0.6 is 11.3 Å². The van der Waals surface area contributed by atoms with E-state index in [1.165, 1.54) is 37.7 Å². The number of benzene rings is 2. The number of halogens is 1. The lowest BCUT2D eigenvalue weighted by Crippen LogP contribution is -2.32. The van der Waals surface area contributed by atoms with Crippen LogP contribution in [0.4, 0.5) is 9.52 Å². The molecule has 0 spiro atoms. The van der Waals surface area contributed by atoms with Gasteiger partial charge in [0.25, 0.3) is 5.91 Å². The van der Waals surface area contributed by atoms with Crippen molar-refractivity contribution in [3.8, 4) is 11.5 Å². The van der Waals surface area contributed by atoms with Crippen molar-refractivity contribution < 1.29 is 18.7 Å². The zero-order valence-corrected chi connectivity index (χ0v) is 16.4. The molecule has 2 heterocycles. The van der Waals surface area contributed by atoms with Gasteiger partial charge in [-0.1, -0.05) is 17.4 Å². The lowest BCUT2D eigenvalue weighted by Gasteiger charge is -2.20. The number of nitrogens with zero attached hydrogens (tertiary/aromatic N) is 2. The van der Waals surface area contributed by atoms with Crippen LogP contribution in [0.1, 0.15) is 16.8 Å². The number of carbonyl (C=O) groups is 1. The highest BCUT2D eigenvalue weighted by atomic mass is 32.1.